The number of halogens is 4. The van der Waals surface area contributed by atoms with E-state index in [9.17, 15) is 22.8 Å². The molecule has 0 unspecified atom stereocenters. The van der Waals surface area contributed by atoms with Gasteiger partial charge in [0.2, 0.25) is 0 Å². The standard InChI is InChI=1S/C25H21ClF3N9O2/c1-4-37-22(24(40)33-18-11-30-36(3)13(18)2)19(12-31-37)34-23(39)17-10-21-32-16(14-5-7-15(26)8-6-14)9-20(25(27,28)29)38(21)35-17/h5-12H,4H2,1-3H3,(H,33,40)(H,34,39). The molecule has 4 heterocycles. The number of benzene rings is 1. The van der Waals surface area contributed by atoms with E-state index in [4.69, 9.17) is 11.6 Å². The molecule has 0 bridgehead atoms. The Morgan fingerprint density at radius 3 is 2.30 bits per heavy atom. The molecule has 4 aromatic heterocycles. The number of anilines is 2. The first-order chi connectivity index (χ1) is 19.0. The number of nitrogens with zero attached hydrogens (tertiary/aromatic N) is 7. The van der Waals surface area contributed by atoms with E-state index in [-0.39, 0.29) is 28.4 Å². The lowest BCUT2D eigenvalue weighted by Crippen LogP contribution is -2.21. The van der Waals surface area contributed by atoms with E-state index in [0.29, 0.717) is 33.0 Å². The van der Waals surface area contributed by atoms with E-state index >= 15 is 0 Å². The van der Waals surface area contributed by atoms with Crippen molar-refractivity contribution in [2.75, 3.05) is 10.6 Å². The van der Waals surface area contributed by atoms with Crippen LogP contribution >= 0.6 is 11.6 Å². The van der Waals surface area contributed by atoms with Gasteiger partial charge < -0.3 is 10.6 Å². The smallest absolute Gasteiger partial charge is 0.318 e. The van der Waals surface area contributed by atoms with Gasteiger partial charge in [-0.2, -0.15) is 28.5 Å². The molecule has 2 amide bonds. The molecule has 0 spiro atoms. The fraction of sp³-hybridized carbons (Fsp3) is 0.200. The summed E-state index contributed by atoms with van der Waals surface area (Å²) in [6.07, 6.45) is -2.03. The first-order valence-electron chi connectivity index (χ1n) is 11.9. The number of hydrogen-bond acceptors (Lipinski definition) is 6. The molecule has 0 aliphatic heterocycles. The van der Waals surface area contributed by atoms with Crippen LogP contribution in [0.25, 0.3) is 16.9 Å². The number of alkyl halides is 3. The van der Waals surface area contributed by atoms with Crippen molar-refractivity contribution in [3.63, 3.8) is 0 Å². The van der Waals surface area contributed by atoms with Crippen molar-refractivity contribution in [3.05, 3.63) is 76.6 Å². The molecule has 1 aromatic carbocycles. The van der Waals surface area contributed by atoms with Crippen LogP contribution in [0.4, 0.5) is 24.5 Å². The highest BCUT2D eigenvalue weighted by Gasteiger charge is 2.36. The van der Waals surface area contributed by atoms with Crippen LogP contribution < -0.4 is 10.6 Å². The van der Waals surface area contributed by atoms with Crippen molar-refractivity contribution in [2.24, 2.45) is 7.05 Å². The molecular formula is C25H21ClF3N9O2. The summed E-state index contributed by atoms with van der Waals surface area (Å²) in [5.74, 6) is -1.41. The average Bonchev–Trinajstić information content (AvgIpc) is 3.61. The maximum absolute atomic E-state index is 14.0. The summed E-state index contributed by atoms with van der Waals surface area (Å²) in [7, 11) is 1.72. The predicted molar refractivity (Wildman–Crippen MR) is 140 cm³/mol. The molecule has 11 nitrogen and oxygen atoms in total. The van der Waals surface area contributed by atoms with Crippen LogP contribution in [0.5, 0.6) is 0 Å². The first-order valence-corrected chi connectivity index (χ1v) is 12.2. The van der Waals surface area contributed by atoms with Crippen molar-refractivity contribution >= 4 is 40.4 Å². The molecule has 0 radical (unpaired) electrons. The number of aromatic nitrogens is 7. The molecule has 0 fully saturated rings. The van der Waals surface area contributed by atoms with Crippen molar-refractivity contribution in [2.45, 2.75) is 26.6 Å². The van der Waals surface area contributed by atoms with Crippen LogP contribution in [-0.2, 0) is 19.8 Å². The number of amides is 2. The summed E-state index contributed by atoms with van der Waals surface area (Å²) in [5.41, 5.74) is 0.0360. The monoisotopic (exact) mass is 571 g/mol. The Labute approximate surface area is 229 Å². The zero-order valence-corrected chi connectivity index (χ0v) is 22.0. The summed E-state index contributed by atoms with van der Waals surface area (Å²) in [6, 6.07) is 8.12. The Balaban J connectivity index is 1.49. The van der Waals surface area contributed by atoms with E-state index in [2.05, 4.69) is 30.9 Å². The summed E-state index contributed by atoms with van der Waals surface area (Å²) < 4.78 is 45.4. The summed E-state index contributed by atoms with van der Waals surface area (Å²) in [6.45, 7) is 3.84. The van der Waals surface area contributed by atoms with Crippen LogP contribution in [0, 0.1) is 6.92 Å². The molecule has 2 N–H and O–H groups in total. The number of carbonyl (C=O) groups excluding carboxylic acids is 2. The Bertz CT molecular complexity index is 1750. The van der Waals surface area contributed by atoms with Gasteiger partial charge in [-0.05, 0) is 32.0 Å². The molecule has 5 rings (SSSR count). The molecule has 0 aliphatic carbocycles. The SMILES string of the molecule is CCn1ncc(NC(=O)c2cc3nc(-c4ccc(Cl)cc4)cc(C(F)(F)F)n3n2)c1C(=O)Nc1cnn(C)c1C. The van der Waals surface area contributed by atoms with Gasteiger partial charge in [0.15, 0.2) is 17.0 Å². The lowest BCUT2D eigenvalue weighted by molar-refractivity contribution is -0.142. The summed E-state index contributed by atoms with van der Waals surface area (Å²) in [5, 5.41) is 17.8. The second-order valence-electron chi connectivity index (χ2n) is 8.73. The van der Waals surface area contributed by atoms with Crippen LogP contribution in [0.1, 0.15) is 39.3 Å². The van der Waals surface area contributed by atoms with Gasteiger partial charge in [-0.25, -0.2) is 9.50 Å². The largest absolute Gasteiger partial charge is 0.433 e. The first kappa shape index (κ1) is 26.9. The van der Waals surface area contributed by atoms with Crippen LogP contribution in [0.3, 0.4) is 0 Å². The molecule has 40 heavy (non-hydrogen) atoms. The molecular weight excluding hydrogens is 551 g/mol. The minimum Gasteiger partial charge on any atom is -0.318 e. The fourth-order valence-electron chi connectivity index (χ4n) is 4.00. The van der Waals surface area contributed by atoms with Gasteiger partial charge in [0.1, 0.15) is 5.69 Å². The van der Waals surface area contributed by atoms with Gasteiger partial charge >= 0.3 is 6.18 Å². The average molecular weight is 572 g/mol. The van der Waals surface area contributed by atoms with Gasteiger partial charge in [0, 0.05) is 30.2 Å². The maximum atomic E-state index is 14.0. The highest BCUT2D eigenvalue weighted by Crippen LogP contribution is 2.33. The second kappa shape index (κ2) is 10.1. The van der Waals surface area contributed by atoms with Gasteiger partial charge in [-0.3, -0.25) is 19.0 Å². The van der Waals surface area contributed by atoms with E-state index in [0.717, 1.165) is 12.1 Å². The Hall–Kier alpha value is -4.72. The Kier molecular flexibility index (Phi) is 6.79. The van der Waals surface area contributed by atoms with E-state index < -0.39 is 23.7 Å². The molecule has 15 heteroatoms. The Morgan fingerprint density at radius 2 is 1.68 bits per heavy atom. The number of aryl methyl sites for hydroxylation is 2. The lowest BCUT2D eigenvalue weighted by Gasteiger charge is -2.11. The number of carbonyl (C=O) groups is 2. The summed E-state index contributed by atoms with van der Waals surface area (Å²) >= 11 is 5.90. The topological polar surface area (TPSA) is 124 Å². The van der Waals surface area contributed by atoms with Gasteiger partial charge in [0.05, 0.1) is 35.2 Å². The van der Waals surface area contributed by atoms with E-state index in [1.54, 1.807) is 25.6 Å². The minimum atomic E-state index is -4.79. The third kappa shape index (κ3) is 5.00. The highest BCUT2D eigenvalue weighted by atomic mass is 35.5. The molecule has 0 saturated heterocycles. The number of nitrogens with one attached hydrogen (secondary N) is 2. The molecule has 0 aliphatic rings. The van der Waals surface area contributed by atoms with Crippen LogP contribution in [-0.4, -0.2) is 46.0 Å². The van der Waals surface area contributed by atoms with E-state index in [1.807, 2.05) is 0 Å². The third-order valence-electron chi connectivity index (χ3n) is 6.18. The Morgan fingerprint density at radius 1 is 1.00 bits per heavy atom. The van der Waals surface area contributed by atoms with E-state index in [1.165, 1.54) is 41.3 Å². The quantitative estimate of drug-likeness (QED) is 0.301. The molecule has 206 valence electrons. The normalized spacial score (nSPS) is 11.7. The molecule has 5 aromatic rings. The molecule has 0 saturated carbocycles. The third-order valence-corrected chi connectivity index (χ3v) is 6.43. The van der Waals surface area contributed by atoms with Gasteiger partial charge in [-0.1, -0.05) is 23.7 Å². The summed E-state index contributed by atoms with van der Waals surface area (Å²) in [4.78, 5) is 30.5. The van der Waals surface area contributed by atoms with Crippen LogP contribution in [0.2, 0.25) is 5.02 Å². The number of hydrogen-bond donors (Lipinski definition) is 2. The zero-order chi connectivity index (χ0) is 28.8. The van der Waals surface area contributed by atoms with Crippen molar-refractivity contribution in [1.82, 2.24) is 34.2 Å². The molecule has 0 atom stereocenters. The highest BCUT2D eigenvalue weighted by molar-refractivity contribution is 6.30. The lowest BCUT2D eigenvalue weighted by atomic mass is 10.1. The number of fused-ring (bicyclic) bond motifs is 1. The minimum absolute atomic E-state index is 0.0252. The van der Waals surface area contributed by atoms with Crippen LogP contribution in [0.15, 0.2) is 48.8 Å². The van der Waals surface area contributed by atoms with Crippen molar-refractivity contribution in [3.8, 4) is 11.3 Å². The van der Waals surface area contributed by atoms with Gasteiger partial charge in [0.25, 0.3) is 11.8 Å². The van der Waals surface area contributed by atoms with Crippen molar-refractivity contribution in [1.29, 1.82) is 0 Å². The van der Waals surface area contributed by atoms with Gasteiger partial charge in [-0.15, -0.1) is 0 Å². The predicted octanol–water partition coefficient (Wildman–Crippen LogP) is 4.83. The second-order valence-corrected chi connectivity index (χ2v) is 9.17. The zero-order valence-electron chi connectivity index (χ0n) is 21.3. The number of rotatable bonds is 6. The van der Waals surface area contributed by atoms with Crippen molar-refractivity contribution < 1.29 is 22.8 Å². The maximum Gasteiger partial charge on any atom is 0.433 e. The fourth-order valence-corrected chi connectivity index (χ4v) is 4.13.